The minimum absolute atomic E-state index is 0. The van der Waals surface area contributed by atoms with Crippen LogP contribution >= 0.6 is 12.4 Å². The first kappa shape index (κ1) is 25.5. The summed E-state index contributed by atoms with van der Waals surface area (Å²) in [5, 5.41) is 3.74. The van der Waals surface area contributed by atoms with E-state index < -0.39 is 5.91 Å². The third-order valence-electron chi connectivity index (χ3n) is 7.25. The van der Waals surface area contributed by atoms with Crippen molar-refractivity contribution in [3.63, 3.8) is 0 Å². The van der Waals surface area contributed by atoms with E-state index in [1.165, 1.54) is 12.1 Å². The molecule has 2 aliphatic heterocycles. The van der Waals surface area contributed by atoms with Gasteiger partial charge < -0.3 is 15.1 Å². The van der Waals surface area contributed by atoms with Gasteiger partial charge in [0.15, 0.2) is 0 Å². The molecule has 2 aromatic heterocycles. The number of amides is 2. The van der Waals surface area contributed by atoms with Crippen molar-refractivity contribution >= 4 is 46.6 Å². The minimum Gasteiger partial charge on any atom is -0.356 e. The van der Waals surface area contributed by atoms with Gasteiger partial charge in [-0.3, -0.25) is 9.59 Å². The highest BCUT2D eigenvalue weighted by Gasteiger charge is 2.46. The number of hydrogen-bond acceptors (Lipinski definition) is 6. The monoisotopic (exact) mass is 532 g/mol. The number of likely N-dealkylation sites (tertiary alicyclic amines) is 1. The molecule has 0 saturated carbocycles. The highest BCUT2D eigenvalue weighted by molar-refractivity contribution is 6.02. The van der Waals surface area contributed by atoms with Crippen molar-refractivity contribution in [1.29, 1.82) is 0 Å². The lowest BCUT2D eigenvalue weighted by molar-refractivity contribution is -0.126. The van der Waals surface area contributed by atoms with E-state index in [4.69, 9.17) is 4.98 Å². The van der Waals surface area contributed by atoms with Gasteiger partial charge in [0.1, 0.15) is 11.6 Å². The van der Waals surface area contributed by atoms with Crippen LogP contribution in [0.25, 0.3) is 22.0 Å². The first-order valence-electron chi connectivity index (χ1n) is 12.2. The van der Waals surface area contributed by atoms with E-state index in [-0.39, 0.29) is 35.4 Å². The molecule has 8 nitrogen and oxygen atoms in total. The molecule has 194 valence electrons. The number of hydrogen-bond donors (Lipinski definition) is 1. The Hall–Kier alpha value is -4.11. The zero-order valence-electron chi connectivity index (χ0n) is 20.7. The second kappa shape index (κ2) is 9.98. The van der Waals surface area contributed by atoms with Crippen LogP contribution in [0.15, 0.2) is 67.0 Å². The quantitative estimate of drug-likeness (QED) is 0.414. The van der Waals surface area contributed by atoms with E-state index in [0.717, 1.165) is 48.3 Å². The fraction of sp³-hybridized carbons (Fsp3) is 0.250. The number of anilines is 2. The maximum atomic E-state index is 13.1. The summed E-state index contributed by atoms with van der Waals surface area (Å²) in [6.45, 7) is 2.51. The summed E-state index contributed by atoms with van der Waals surface area (Å²) in [6.07, 6.45) is 4.68. The number of rotatable bonds is 4. The molecule has 1 unspecified atom stereocenters. The molecule has 4 heterocycles. The molecule has 38 heavy (non-hydrogen) atoms. The molecule has 10 heteroatoms. The predicted octanol–water partition coefficient (Wildman–Crippen LogP) is 4.56. The summed E-state index contributed by atoms with van der Waals surface area (Å²) >= 11 is 0. The van der Waals surface area contributed by atoms with Gasteiger partial charge >= 0.3 is 0 Å². The number of pyridine rings is 1. The van der Waals surface area contributed by atoms with Crippen molar-refractivity contribution in [2.24, 2.45) is 5.41 Å². The SMILES string of the molecule is CN1CC2(CCN(c3ccc4cc(NC(=O)c5ncc(-c6ccc(F)cc6)cn5)ccc4n3)C2)CC1=O.Cl. The molecule has 1 atom stereocenters. The van der Waals surface area contributed by atoms with Gasteiger partial charge in [0.05, 0.1) is 5.52 Å². The van der Waals surface area contributed by atoms with E-state index in [9.17, 15) is 14.0 Å². The number of benzene rings is 2. The molecule has 0 radical (unpaired) electrons. The minimum atomic E-state index is -0.423. The van der Waals surface area contributed by atoms with Gasteiger partial charge in [-0.05, 0) is 54.4 Å². The van der Waals surface area contributed by atoms with E-state index in [1.54, 1.807) is 30.6 Å². The van der Waals surface area contributed by atoms with Gasteiger partial charge in [-0.15, -0.1) is 12.4 Å². The Morgan fingerprint density at radius 1 is 1.00 bits per heavy atom. The van der Waals surface area contributed by atoms with Crippen LogP contribution in [0.5, 0.6) is 0 Å². The van der Waals surface area contributed by atoms with Crippen LogP contribution < -0.4 is 10.2 Å². The van der Waals surface area contributed by atoms with Crippen LogP contribution in [0.1, 0.15) is 23.5 Å². The zero-order chi connectivity index (χ0) is 25.6. The standard InChI is InChI=1S/C28H25FN6O2.ClH/c1-34-16-28(13-25(34)36)10-11-35(17-28)24-9-4-19-12-22(7-8-23(19)33-24)32-27(37)26-30-14-20(15-31-26)18-2-5-21(29)6-3-18;/h2-9,12,14-15H,10-11,13,16-17H2,1H3,(H,32,37);1H. The van der Waals surface area contributed by atoms with Crippen LogP contribution in [0.4, 0.5) is 15.9 Å². The first-order valence-corrected chi connectivity index (χ1v) is 12.2. The van der Waals surface area contributed by atoms with Crippen molar-refractivity contribution in [3.8, 4) is 11.1 Å². The van der Waals surface area contributed by atoms with Crippen LogP contribution in [-0.4, -0.2) is 58.3 Å². The molecular weight excluding hydrogens is 507 g/mol. The predicted molar refractivity (Wildman–Crippen MR) is 146 cm³/mol. The lowest BCUT2D eigenvalue weighted by Crippen LogP contribution is -2.30. The fourth-order valence-corrected chi connectivity index (χ4v) is 5.30. The Balaban J connectivity index is 0.00000294. The molecule has 2 aromatic carbocycles. The molecule has 2 aliphatic rings. The van der Waals surface area contributed by atoms with Gasteiger partial charge in [-0.1, -0.05) is 12.1 Å². The third kappa shape index (κ3) is 4.89. The molecule has 4 aromatic rings. The molecule has 2 saturated heterocycles. The number of aromatic nitrogens is 3. The fourth-order valence-electron chi connectivity index (χ4n) is 5.30. The second-order valence-electron chi connectivity index (χ2n) is 9.93. The van der Waals surface area contributed by atoms with E-state index >= 15 is 0 Å². The van der Waals surface area contributed by atoms with Crippen molar-refractivity contribution < 1.29 is 14.0 Å². The van der Waals surface area contributed by atoms with Crippen LogP contribution in [-0.2, 0) is 4.79 Å². The number of nitrogens with one attached hydrogen (secondary N) is 1. The lowest BCUT2D eigenvalue weighted by atomic mass is 9.86. The summed E-state index contributed by atoms with van der Waals surface area (Å²) in [7, 11) is 1.87. The molecular formula is C28H26ClFN6O2. The summed E-state index contributed by atoms with van der Waals surface area (Å²) in [6, 6.07) is 15.6. The third-order valence-corrected chi connectivity index (χ3v) is 7.25. The summed E-state index contributed by atoms with van der Waals surface area (Å²) < 4.78 is 13.1. The normalized spacial score (nSPS) is 18.7. The van der Waals surface area contributed by atoms with Crippen molar-refractivity contribution in [1.82, 2.24) is 19.9 Å². The molecule has 0 bridgehead atoms. The summed E-state index contributed by atoms with van der Waals surface area (Å²) in [5.74, 6) is 0.420. The lowest BCUT2D eigenvalue weighted by Gasteiger charge is -2.23. The van der Waals surface area contributed by atoms with E-state index in [2.05, 4.69) is 20.2 Å². The van der Waals surface area contributed by atoms with Gasteiger partial charge in [0.25, 0.3) is 5.91 Å². The Labute approximate surface area is 225 Å². The summed E-state index contributed by atoms with van der Waals surface area (Å²) in [5.41, 5.74) is 2.93. The highest BCUT2D eigenvalue weighted by atomic mass is 35.5. The molecule has 1 spiro atoms. The smallest absolute Gasteiger partial charge is 0.293 e. The number of nitrogens with zero attached hydrogens (tertiary/aromatic N) is 5. The topological polar surface area (TPSA) is 91.3 Å². The molecule has 1 N–H and O–H groups in total. The largest absolute Gasteiger partial charge is 0.356 e. The second-order valence-corrected chi connectivity index (χ2v) is 9.93. The van der Waals surface area contributed by atoms with Crippen LogP contribution in [0.3, 0.4) is 0 Å². The van der Waals surface area contributed by atoms with Crippen molar-refractivity contribution in [2.75, 3.05) is 36.9 Å². The number of halogens is 2. The molecule has 2 fully saturated rings. The first-order chi connectivity index (χ1) is 17.9. The average Bonchev–Trinajstić information content (AvgIpc) is 3.44. The molecule has 2 amide bonds. The molecule has 0 aliphatic carbocycles. The Morgan fingerprint density at radius 3 is 2.47 bits per heavy atom. The van der Waals surface area contributed by atoms with Crippen LogP contribution in [0, 0.1) is 11.2 Å². The van der Waals surface area contributed by atoms with E-state index in [1.807, 2.05) is 36.2 Å². The number of fused-ring (bicyclic) bond motifs is 1. The maximum absolute atomic E-state index is 13.1. The van der Waals surface area contributed by atoms with E-state index in [0.29, 0.717) is 17.7 Å². The van der Waals surface area contributed by atoms with Gasteiger partial charge in [0.2, 0.25) is 11.7 Å². The van der Waals surface area contributed by atoms with Gasteiger partial charge in [0, 0.05) is 67.5 Å². The highest BCUT2D eigenvalue weighted by Crippen LogP contribution is 2.41. The van der Waals surface area contributed by atoms with Gasteiger partial charge in [-0.2, -0.15) is 0 Å². The van der Waals surface area contributed by atoms with Gasteiger partial charge in [-0.25, -0.2) is 19.3 Å². The maximum Gasteiger partial charge on any atom is 0.293 e. The number of carbonyl (C=O) groups excluding carboxylic acids is 2. The van der Waals surface area contributed by atoms with Crippen LogP contribution in [0.2, 0.25) is 0 Å². The Bertz CT molecular complexity index is 1510. The molecule has 6 rings (SSSR count). The number of carbonyl (C=O) groups is 2. The zero-order valence-corrected chi connectivity index (χ0v) is 21.5. The Kier molecular flexibility index (Phi) is 6.71. The van der Waals surface area contributed by atoms with Crippen molar-refractivity contribution in [3.05, 3.63) is 78.6 Å². The average molecular weight is 533 g/mol. The Morgan fingerprint density at radius 2 is 1.76 bits per heavy atom. The van der Waals surface area contributed by atoms with Crippen molar-refractivity contribution in [2.45, 2.75) is 12.8 Å². The summed E-state index contributed by atoms with van der Waals surface area (Å²) in [4.78, 5) is 42.1.